The average Bonchev–Trinajstić information content (AvgIpc) is 2.09. The molecule has 0 atom stereocenters. The Bertz CT molecular complexity index is 139. The van der Waals surface area contributed by atoms with Crippen LogP contribution < -0.4 is 0 Å². The molecule has 0 saturated heterocycles. The van der Waals surface area contributed by atoms with Crippen molar-refractivity contribution in [2.45, 2.75) is 39.0 Å². The molecule has 0 bridgehead atoms. The molecule has 0 saturated carbocycles. The molecule has 70 valence electrons. The van der Waals surface area contributed by atoms with Gasteiger partial charge in [-0.25, -0.2) is 0 Å². The lowest BCUT2D eigenvalue weighted by molar-refractivity contribution is -0.114. The second-order valence-corrected chi connectivity index (χ2v) is 2.86. The van der Waals surface area contributed by atoms with Gasteiger partial charge in [-0.05, 0) is 12.5 Å². The van der Waals surface area contributed by atoms with E-state index < -0.39 is 0 Å². The van der Waals surface area contributed by atoms with Gasteiger partial charge in [0, 0.05) is 6.42 Å². The molecule has 0 aliphatic heterocycles. The average molecular weight is 170 g/mol. The summed E-state index contributed by atoms with van der Waals surface area (Å²) in [7, 11) is 0. The maximum Gasteiger partial charge on any atom is 0.155 e. The molecule has 0 aliphatic rings. The highest BCUT2D eigenvalue weighted by Gasteiger charge is 1.95. The van der Waals surface area contributed by atoms with Crippen molar-refractivity contribution in [1.29, 1.82) is 0 Å². The van der Waals surface area contributed by atoms with Gasteiger partial charge in [0.05, 0.1) is 6.61 Å². The minimum absolute atomic E-state index is 0.0410. The Morgan fingerprint density at radius 3 is 2.67 bits per heavy atom. The van der Waals surface area contributed by atoms with E-state index in [1.807, 2.05) is 0 Å². The summed E-state index contributed by atoms with van der Waals surface area (Å²) >= 11 is 0. The van der Waals surface area contributed by atoms with Crippen molar-refractivity contribution in [2.24, 2.45) is 0 Å². The molecule has 2 nitrogen and oxygen atoms in total. The van der Waals surface area contributed by atoms with Crippen molar-refractivity contribution >= 4 is 5.78 Å². The number of unbranched alkanes of at least 4 members (excludes halogenated alkanes) is 3. The van der Waals surface area contributed by atoms with Crippen LogP contribution in [0.4, 0.5) is 0 Å². The zero-order chi connectivity index (χ0) is 9.23. The molecule has 0 unspecified atom stereocenters. The van der Waals surface area contributed by atoms with Crippen molar-refractivity contribution < 1.29 is 9.90 Å². The monoisotopic (exact) mass is 170 g/mol. The Balaban J connectivity index is 3.25. The van der Waals surface area contributed by atoms with E-state index in [-0.39, 0.29) is 12.4 Å². The van der Waals surface area contributed by atoms with Crippen LogP contribution in [0.25, 0.3) is 0 Å². The summed E-state index contributed by atoms with van der Waals surface area (Å²) in [5, 5.41) is 8.39. The molecule has 0 aromatic carbocycles. The van der Waals surface area contributed by atoms with E-state index in [9.17, 15) is 4.79 Å². The number of hydrogen-bond acceptors (Lipinski definition) is 2. The van der Waals surface area contributed by atoms with Gasteiger partial charge in [0.1, 0.15) is 0 Å². The standard InChI is InChI=1S/C10H18O2/c1-2-3-4-5-7-10(12)8-6-9-11/h6,8,11H,2-5,7,9H2,1H3/b8-6+. The Morgan fingerprint density at radius 2 is 2.08 bits per heavy atom. The summed E-state index contributed by atoms with van der Waals surface area (Å²) in [6.07, 6.45) is 8.08. The molecule has 0 fully saturated rings. The van der Waals surface area contributed by atoms with Crippen LogP contribution in [0.5, 0.6) is 0 Å². The summed E-state index contributed by atoms with van der Waals surface area (Å²) in [5.74, 6) is 0.125. The maximum absolute atomic E-state index is 11.0. The fourth-order valence-electron chi connectivity index (χ4n) is 0.993. The van der Waals surface area contributed by atoms with Gasteiger partial charge in [0.25, 0.3) is 0 Å². The van der Waals surface area contributed by atoms with Gasteiger partial charge in [-0.2, -0.15) is 0 Å². The molecular weight excluding hydrogens is 152 g/mol. The SMILES string of the molecule is CCCCCCC(=O)/C=C/CO. The molecule has 0 heterocycles. The maximum atomic E-state index is 11.0. The highest BCUT2D eigenvalue weighted by atomic mass is 16.2. The zero-order valence-corrected chi connectivity index (χ0v) is 7.75. The van der Waals surface area contributed by atoms with Crippen LogP contribution in [-0.2, 0) is 4.79 Å². The normalized spacial score (nSPS) is 10.8. The summed E-state index contributed by atoms with van der Waals surface area (Å²) in [5.41, 5.74) is 0. The fourth-order valence-corrected chi connectivity index (χ4v) is 0.993. The Labute approximate surface area is 74.3 Å². The number of allylic oxidation sites excluding steroid dienone is 1. The highest BCUT2D eigenvalue weighted by Crippen LogP contribution is 2.02. The summed E-state index contributed by atoms with van der Waals surface area (Å²) in [4.78, 5) is 11.0. The Morgan fingerprint density at radius 1 is 1.33 bits per heavy atom. The minimum Gasteiger partial charge on any atom is -0.392 e. The van der Waals surface area contributed by atoms with Gasteiger partial charge < -0.3 is 5.11 Å². The number of ketones is 1. The van der Waals surface area contributed by atoms with Crippen molar-refractivity contribution in [3.8, 4) is 0 Å². The first kappa shape index (κ1) is 11.4. The van der Waals surface area contributed by atoms with E-state index in [0.717, 1.165) is 12.8 Å². The molecule has 12 heavy (non-hydrogen) atoms. The third-order valence-corrected chi connectivity index (χ3v) is 1.69. The van der Waals surface area contributed by atoms with E-state index in [1.54, 1.807) is 0 Å². The van der Waals surface area contributed by atoms with E-state index in [4.69, 9.17) is 5.11 Å². The van der Waals surface area contributed by atoms with E-state index in [1.165, 1.54) is 25.0 Å². The summed E-state index contributed by atoms with van der Waals surface area (Å²) in [6.45, 7) is 2.11. The van der Waals surface area contributed by atoms with Crippen LogP contribution in [0, 0.1) is 0 Å². The van der Waals surface area contributed by atoms with Crippen LogP contribution in [0.3, 0.4) is 0 Å². The third-order valence-electron chi connectivity index (χ3n) is 1.69. The van der Waals surface area contributed by atoms with Gasteiger partial charge in [-0.3, -0.25) is 4.79 Å². The lowest BCUT2D eigenvalue weighted by Gasteiger charge is -1.95. The highest BCUT2D eigenvalue weighted by molar-refractivity contribution is 5.89. The number of carbonyl (C=O) groups is 1. The van der Waals surface area contributed by atoms with Crippen LogP contribution >= 0.6 is 0 Å². The van der Waals surface area contributed by atoms with E-state index in [0.29, 0.717) is 6.42 Å². The van der Waals surface area contributed by atoms with Gasteiger partial charge in [-0.1, -0.05) is 32.3 Å². The second-order valence-electron chi connectivity index (χ2n) is 2.86. The number of aliphatic hydroxyl groups excluding tert-OH is 1. The Kier molecular flexibility index (Phi) is 8.02. The summed E-state index contributed by atoms with van der Waals surface area (Å²) in [6, 6.07) is 0. The second kappa shape index (κ2) is 8.47. The largest absolute Gasteiger partial charge is 0.392 e. The number of rotatable bonds is 7. The van der Waals surface area contributed by atoms with Crippen molar-refractivity contribution in [1.82, 2.24) is 0 Å². The zero-order valence-electron chi connectivity index (χ0n) is 7.75. The smallest absolute Gasteiger partial charge is 0.155 e. The predicted octanol–water partition coefficient (Wildman–Crippen LogP) is 2.07. The first-order valence-corrected chi connectivity index (χ1v) is 4.61. The van der Waals surface area contributed by atoms with Gasteiger partial charge in [0.15, 0.2) is 5.78 Å². The number of carbonyl (C=O) groups excluding carboxylic acids is 1. The summed E-state index contributed by atoms with van der Waals surface area (Å²) < 4.78 is 0. The van der Waals surface area contributed by atoms with Crippen molar-refractivity contribution in [3.05, 3.63) is 12.2 Å². The van der Waals surface area contributed by atoms with Crippen LogP contribution in [-0.4, -0.2) is 17.5 Å². The van der Waals surface area contributed by atoms with Crippen LogP contribution in [0.15, 0.2) is 12.2 Å². The van der Waals surface area contributed by atoms with Gasteiger partial charge >= 0.3 is 0 Å². The van der Waals surface area contributed by atoms with Crippen molar-refractivity contribution in [2.75, 3.05) is 6.61 Å². The topological polar surface area (TPSA) is 37.3 Å². The van der Waals surface area contributed by atoms with Crippen LogP contribution in [0.1, 0.15) is 39.0 Å². The molecule has 0 aromatic rings. The first-order chi connectivity index (χ1) is 5.81. The van der Waals surface area contributed by atoms with Crippen molar-refractivity contribution in [3.63, 3.8) is 0 Å². The molecule has 0 radical (unpaired) electrons. The predicted molar refractivity (Wildman–Crippen MR) is 50.0 cm³/mol. The fraction of sp³-hybridized carbons (Fsp3) is 0.700. The van der Waals surface area contributed by atoms with Gasteiger partial charge in [0.2, 0.25) is 0 Å². The molecular formula is C10H18O2. The lowest BCUT2D eigenvalue weighted by atomic mass is 10.1. The lowest BCUT2D eigenvalue weighted by Crippen LogP contribution is -1.92. The molecule has 0 spiro atoms. The minimum atomic E-state index is -0.0410. The third kappa shape index (κ3) is 7.48. The van der Waals surface area contributed by atoms with Crippen LogP contribution in [0.2, 0.25) is 0 Å². The molecule has 0 aromatic heterocycles. The molecule has 2 heteroatoms. The Hall–Kier alpha value is -0.630. The molecule has 1 N–H and O–H groups in total. The van der Waals surface area contributed by atoms with E-state index in [2.05, 4.69) is 6.92 Å². The molecule has 0 amide bonds. The number of aliphatic hydroxyl groups is 1. The number of hydrogen-bond donors (Lipinski definition) is 1. The molecule has 0 aliphatic carbocycles. The van der Waals surface area contributed by atoms with E-state index >= 15 is 0 Å². The molecule has 0 rings (SSSR count). The quantitative estimate of drug-likeness (QED) is 0.469. The first-order valence-electron chi connectivity index (χ1n) is 4.61. The van der Waals surface area contributed by atoms with Gasteiger partial charge in [-0.15, -0.1) is 0 Å².